The monoisotopic (exact) mass is 242 g/mol. The highest BCUT2D eigenvalue weighted by molar-refractivity contribution is 5.79. The van der Waals surface area contributed by atoms with Gasteiger partial charge in [0.2, 0.25) is 5.91 Å². The van der Waals surface area contributed by atoms with Crippen molar-refractivity contribution in [1.82, 2.24) is 4.90 Å². The van der Waals surface area contributed by atoms with Gasteiger partial charge in [0.15, 0.2) is 0 Å². The molecule has 4 nitrogen and oxygen atoms in total. The fourth-order valence-electron chi connectivity index (χ4n) is 2.46. The second-order valence-corrected chi connectivity index (χ2v) is 5.21. The molecule has 0 aromatic heterocycles. The topological polar surface area (TPSA) is 55.6 Å². The summed E-state index contributed by atoms with van der Waals surface area (Å²) in [4.78, 5) is 14.0. The predicted octanol–water partition coefficient (Wildman–Crippen LogP) is 1.24. The Hall–Kier alpha value is -0.610. The number of hydrogen-bond donors (Lipinski definition) is 1. The van der Waals surface area contributed by atoms with Crippen LogP contribution in [0.15, 0.2) is 0 Å². The molecule has 2 N–H and O–H groups in total. The molecule has 0 radical (unpaired) electrons. The van der Waals surface area contributed by atoms with Crippen molar-refractivity contribution < 1.29 is 9.53 Å². The van der Waals surface area contributed by atoms with Crippen LogP contribution in [0, 0.1) is 11.8 Å². The van der Waals surface area contributed by atoms with Crippen LogP contribution in [0.4, 0.5) is 0 Å². The van der Waals surface area contributed by atoms with E-state index in [9.17, 15) is 4.79 Å². The number of carbonyl (C=O) groups is 1. The average molecular weight is 242 g/mol. The lowest BCUT2D eigenvalue weighted by atomic mass is 9.95. The molecule has 1 amide bonds. The first-order valence-electron chi connectivity index (χ1n) is 6.63. The van der Waals surface area contributed by atoms with Crippen LogP contribution in [0.25, 0.3) is 0 Å². The number of carbonyl (C=O) groups excluding carboxylic acids is 1. The van der Waals surface area contributed by atoms with E-state index in [-0.39, 0.29) is 17.9 Å². The summed E-state index contributed by atoms with van der Waals surface area (Å²) in [7, 11) is 1.86. The van der Waals surface area contributed by atoms with Crippen LogP contribution in [-0.4, -0.2) is 43.7 Å². The number of hydrogen-bond acceptors (Lipinski definition) is 3. The highest BCUT2D eigenvalue weighted by Gasteiger charge is 2.33. The van der Waals surface area contributed by atoms with Gasteiger partial charge >= 0.3 is 0 Å². The predicted molar refractivity (Wildman–Crippen MR) is 68.6 cm³/mol. The summed E-state index contributed by atoms with van der Waals surface area (Å²) in [5.41, 5.74) is 5.71. The Morgan fingerprint density at radius 3 is 2.76 bits per heavy atom. The third-order valence-corrected chi connectivity index (χ3v) is 3.53. The van der Waals surface area contributed by atoms with Gasteiger partial charge in [-0.25, -0.2) is 0 Å². The Bertz CT molecular complexity index is 244. The summed E-state index contributed by atoms with van der Waals surface area (Å²) >= 11 is 0. The average Bonchev–Trinajstić information content (AvgIpc) is 2.75. The van der Waals surface area contributed by atoms with Crippen LogP contribution < -0.4 is 5.73 Å². The molecule has 0 bridgehead atoms. The third-order valence-electron chi connectivity index (χ3n) is 3.53. The number of likely N-dealkylation sites (N-methyl/N-ethyl adjacent to an activating group) is 1. The minimum Gasteiger partial charge on any atom is -0.377 e. The highest BCUT2D eigenvalue weighted by Crippen LogP contribution is 2.32. The zero-order valence-electron chi connectivity index (χ0n) is 11.3. The van der Waals surface area contributed by atoms with E-state index in [0.717, 1.165) is 19.3 Å². The molecule has 100 valence electrons. The van der Waals surface area contributed by atoms with Crippen LogP contribution in [0.2, 0.25) is 0 Å². The van der Waals surface area contributed by atoms with Crippen LogP contribution in [0.3, 0.4) is 0 Å². The first kappa shape index (κ1) is 14.5. The summed E-state index contributed by atoms with van der Waals surface area (Å²) in [5, 5.41) is 0. The van der Waals surface area contributed by atoms with E-state index in [1.807, 2.05) is 20.9 Å². The minimum atomic E-state index is 0.143. The Labute approximate surface area is 104 Å². The molecule has 0 heterocycles. The zero-order valence-corrected chi connectivity index (χ0v) is 11.3. The molecule has 0 saturated heterocycles. The van der Waals surface area contributed by atoms with E-state index in [2.05, 4.69) is 0 Å². The summed E-state index contributed by atoms with van der Waals surface area (Å²) in [5.74, 6) is 0.769. The maximum Gasteiger partial charge on any atom is 0.225 e. The summed E-state index contributed by atoms with van der Waals surface area (Å²) in [6.45, 7) is 5.92. The maximum absolute atomic E-state index is 12.2. The van der Waals surface area contributed by atoms with E-state index in [0.29, 0.717) is 25.6 Å². The molecule has 17 heavy (non-hydrogen) atoms. The first-order chi connectivity index (χ1) is 8.06. The third kappa shape index (κ3) is 4.28. The fraction of sp³-hybridized carbons (Fsp3) is 0.923. The molecule has 1 saturated carbocycles. The van der Waals surface area contributed by atoms with Gasteiger partial charge in [-0.1, -0.05) is 6.42 Å². The summed E-state index contributed by atoms with van der Waals surface area (Å²) in [6.07, 6.45) is 3.45. The molecule has 0 aromatic carbocycles. The van der Waals surface area contributed by atoms with Gasteiger partial charge in [-0.05, 0) is 39.2 Å². The SMILES string of the molecule is CC(C)OCCN(C)C(=O)C1CCCC1CN. The van der Waals surface area contributed by atoms with E-state index in [1.54, 1.807) is 4.90 Å². The van der Waals surface area contributed by atoms with Crippen LogP contribution >= 0.6 is 0 Å². The number of rotatable bonds is 6. The number of ether oxygens (including phenoxy) is 1. The molecule has 1 aliphatic rings. The van der Waals surface area contributed by atoms with Gasteiger partial charge in [0, 0.05) is 19.5 Å². The normalized spacial score (nSPS) is 24.3. The fourth-order valence-corrected chi connectivity index (χ4v) is 2.46. The molecule has 0 aliphatic heterocycles. The second-order valence-electron chi connectivity index (χ2n) is 5.21. The van der Waals surface area contributed by atoms with Gasteiger partial charge in [-0.3, -0.25) is 4.79 Å². The molecule has 2 atom stereocenters. The summed E-state index contributed by atoms with van der Waals surface area (Å²) < 4.78 is 5.46. The van der Waals surface area contributed by atoms with Crippen LogP contribution in [0.5, 0.6) is 0 Å². The molecule has 1 rings (SSSR count). The van der Waals surface area contributed by atoms with Crippen molar-refractivity contribution in [3.05, 3.63) is 0 Å². The lowest BCUT2D eigenvalue weighted by Gasteiger charge is -2.24. The van der Waals surface area contributed by atoms with Crippen molar-refractivity contribution in [3.63, 3.8) is 0 Å². The van der Waals surface area contributed by atoms with Crippen molar-refractivity contribution in [2.45, 2.75) is 39.2 Å². The molecule has 0 spiro atoms. The number of nitrogens with two attached hydrogens (primary N) is 1. The van der Waals surface area contributed by atoms with Gasteiger partial charge in [0.05, 0.1) is 12.7 Å². The molecule has 1 fully saturated rings. The van der Waals surface area contributed by atoms with Crippen LogP contribution in [0.1, 0.15) is 33.1 Å². The van der Waals surface area contributed by atoms with E-state index in [1.165, 1.54) is 0 Å². The maximum atomic E-state index is 12.2. The van der Waals surface area contributed by atoms with Crippen molar-refractivity contribution in [1.29, 1.82) is 0 Å². The molecule has 0 aromatic rings. The Morgan fingerprint density at radius 1 is 1.47 bits per heavy atom. The largest absolute Gasteiger partial charge is 0.377 e. The molecule has 2 unspecified atom stereocenters. The quantitative estimate of drug-likeness (QED) is 0.762. The van der Waals surface area contributed by atoms with Gasteiger partial charge < -0.3 is 15.4 Å². The lowest BCUT2D eigenvalue weighted by Crippen LogP contribution is -2.38. The van der Waals surface area contributed by atoms with Crippen molar-refractivity contribution in [2.75, 3.05) is 26.7 Å². The summed E-state index contributed by atoms with van der Waals surface area (Å²) in [6, 6.07) is 0. The van der Waals surface area contributed by atoms with Gasteiger partial charge in [0.1, 0.15) is 0 Å². The number of amides is 1. The Kier molecular flexibility index (Phi) is 5.92. The van der Waals surface area contributed by atoms with E-state index in [4.69, 9.17) is 10.5 Å². The van der Waals surface area contributed by atoms with Crippen molar-refractivity contribution >= 4 is 5.91 Å². The molecular formula is C13H26N2O2. The first-order valence-corrected chi connectivity index (χ1v) is 6.63. The van der Waals surface area contributed by atoms with Crippen molar-refractivity contribution in [3.8, 4) is 0 Å². The molecule has 4 heteroatoms. The highest BCUT2D eigenvalue weighted by atomic mass is 16.5. The second kappa shape index (κ2) is 6.97. The molecule has 1 aliphatic carbocycles. The standard InChI is InChI=1S/C13H26N2O2/c1-10(2)17-8-7-15(3)13(16)12-6-4-5-11(12)9-14/h10-12H,4-9,14H2,1-3H3. The molecular weight excluding hydrogens is 216 g/mol. The van der Waals surface area contributed by atoms with Gasteiger partial charge in [0.25, 0.3) is 0 Å². The van der Waals surface area contributed by atoms with E-state index >= 15 is 0 Å². The van der Waals surface area contributed by atoms with Gasteiger partial charge in [-0.15, -0.1) is 0 Å². The minimum absolute atomic E-state index is 0.143. The van der Waals surface area contributed by atoms with E-state index < -0.39 is 0 Å². The number of nitrogens with zero attached hydrogens (tertiary/aromatic N) is 1. The van der Waals surface area contributed by atoms with Gasteiger partial charge in [-0.2, -0.15) is 0 Å². The Morgan fingerprint density at radius 2 is 2.18 bits per heavy atom. The Balaban J connectivity index is 2.35. The van der Waals surface area contributed by atoms with Crippen molar-refractivity contribution in [2.24, 2.45) is 17.6 Å². The van der Waals surface area contributed by atoms with Crippen LogP contribution in [-0.2, 0) is 9.53 Å². The lowest BCUT2D eigenvalue weighted by molar-refractivity contribution is -0.136. The smallest absolute Gasteiger partial charge is 0.225 e. The zero-order chi connectivity index (χ0) is 12.8.